The molecular weight excluding hydrogens is 324 g/mol. The summed E-state index contributed by atoms with van der Waals surface area (Å²) in [5.41, 5.74) is 0.787. The van der Waals surface area contributed by atoms with Gasteiger partial charge in [-0.2, -0.15) is 0 Å². The number of hydrogen-bond donors (Lipinski definition) is 0. The molecule has 6 heteroatoms. The summed E-state index contributed by atoms with van der Waals surface area (Å²) < 4.78 is 27.7. The van der Waals surface area contributed by atoms with Crippen LogP contribution in [0.25, 0.3) is 16.5 Å². The minimum Gasteiger partial charge on any atom is -0.500 e. The van der Waals surface area contributed by atoms with Crippen LogP contribution in [0.4, 0.5) is 0 Å². The van der Waals surface area contributed by atoms with Gasteiger partial charge in [0.2, 0.25) is 5.75 Å². The molecule has 6 nitrogen and oxygen atoms in total. The van der Waals surface area contributed by atoms with E-state index in [4.69, 9.17) is 23.4 Å². The van der Waals surface area contributed by atoms with Gasteiger partial charge in [0.1, 0.15) is 17.3 Å². The summed E-state index contributed by atoms with van der Waals surface area (Å²) in [4.78, 5) is 12.6. The second-order valence-electron chi connectivity index (χ2n) is 5.47. The molecule has 1 heterocycles. The normalized spacial score (nSPS) is 14.3. The zero-order valence-corrected chi connectivity index (χ0v) is 14.7. The van der Waals surface area contributed by atoms with Gasteiger partial charge in [-0.05, 0) is 24.6 Å². The first-order valence-corrected chi connectivity index (χ1v) is 7.85. The summed E-state index contributed by atoms with van der Waals surface area (Å²) in [5, 5.41) is 0.416. The Balaban J connectivity index is 2.32. The molecule has 0 amide bonds. The predicted octanol–water partition coefficient (Wildman–Crippen LogP) is 3.49. The van der Waals surface area contributed by atoms with Gasteiger partial charge in [0.25, 0.3) is 0 Å². The summed E-state index contributed by atoms with van der Waals surface area (Å²) in [6.45, 7) is 0. The van der Waals surface area contributed by atoms with Crippen LogP contribution >= 0.6 is 0 Å². The lowest BCUT2D eigenvalue weighted by Crippen LogP contribution is -2.09. The Hall–Kier alpha value is -2.89. The van der Waals surface area contributed by atoms with Crippen molar-refractivity contribution in [3.63, 3.8) is 0 Å². The van der Waals surface area contributed by atoms with E-state index in [-0.39, 0.29) is 5.43 Å². The maximum atomic E-state index is 12.6. The lowest BCUT2D eigenvalue weighted by atomic mass is 10.00. The Labute approximate surface area is 145 Å². The molecule has 0 spiro atoms. The van der Waals surface area contributed by atoms with Crippen molar-refractivity contribution in [3.8, 4) is 11.5 Å². The number of methoxy groups -OCH3 is 4. The molecule has 0 saturated carbocycles. The van der Waals surface area contributed by atoms with Gasteiger partial charge in [-0.25, -0.2) is 0 Å². The third kappa shape index (κ3) is 2.84. The van der Waals surface area contributed by atoms with Crippen molar-refractivity contribution in [1.82, 2.24) is 0 Å². The van der Waals surface area contributed by atoms with Gasteiger partial charge in [0, 0.05) is 12.5 Å². The second kappa shape index (κ2) is 6.93. The second-order valence-corrected chi connectivity index (χ2v) is 5.47. The van der Waals surface area contributed by atoms with Crippen molar-refractivity contribution in [3.05, 3.63) is 51.8 Å². The number of rotatable bonds is 5. The molecule has 0 fully saturated rings. The van der Waals surface area contributed by atoms with E-state index in [1.165, 1.54) is 20.3 Å². The quantitative estimate of drug-likeness (QED) is 0.827. The van der Waals surface area contributed by atoms with E-state index in [2.05, 4.69) is 0 Å². The monoisotopic (exact) mass is 344 g/mol. The Morgan fingerprint density at radius 3 is 2.44 bits per heavy atom. The molecule has 132 valence electrons. The van der Waals surface area contributed by atoms with Crippen molar-refractivity contribution < 1.29 is 23.4 Å². The third-order valence-electron chi connectivity index (χ3n) is 4.18. The van der Waals surface area contributed by atoms with E-state index in [0.29, 0.717) is 51.7 Å². The standard InChI is InChI=1S/C19H20O6/c1-21-13-6-5-7-14(22-2)17(13)16-10-12(20)11-8-9-15(23-3)19(24-4)18(11)25-16/h6,8-10H,5,7H2,1-4H3. The van der Waals surface area contributed by atoms with Crippen LogP contribution in [0, 0.1) is 0 Å². The lowest BCUT2D eigenvalue weighted by molar-refractivity contribution is 0.261. The Morgan fingerprint density at radius 2 is 1.80 bits per heavy atom. The van der Waals surface area contributed by atoms with Crippen LogP contribution in [-0.4, -0.2) is 28.4 Å². The molecule has 25 heavy (non-hydrogen) atoms. The molecular formula is C19H20O6. The first-order chi connectivity index (χ1) is 12.1. The topological polar surface area (TPSA) is 67.1 Å². The molecule has 0 bridgehead atoms. The van der Waals surface area contributed by atoms with E-state index in [0.717, 1.165) is 6.42 Å². The third-order valence-corrected chi connectivity index (χ3v) is 4.18. The van der Waals surface area contributed by atoms with Gasteiger partial charge < -0.3 is 23.4 Å². The molecule has 2 aromatic rings. The Kier molecular flexibility index (Phi) is 4.70. The van der Waals surface area contributed by atoms with Crippen LogP contribution in [-0.2, 0) is 9.47 Å². The summed E-state index contributed by atoms with van der Waals surface area (Å²) in [6.07, 6.45) is 3.45. The van der Waals surface area contributed by atoms with E-state index in [1.807, 2.05) is 6.08 Å². The fourth-order valence-corrected chi connectivity index (χ4v) is 3.00. The molecule has 0 N–H and O–H groups in total. The van der Waals surface area contributed by atoms with Gasteiger partial charge in [-0.1, -0.05) is 0 Å². The molecule has 0 radical (unpaired) electrons. The number of fused-ring (bicyclic) bond motifs is 1. The van der Waals surface area contributed by atoms with Gasteiger partial charge in [0.05, 0.1) is 39.4 Å². The molecule has 1 aromatic carbocycles. The number of ether oxygens (including phenoxy) is 4. The first kappa shape index (κ1) is 17.0. The SMILES string of the molecule is COC1=CCCC(OC)=C1c1cc(=O)c2ccc(OC)c(OC)c2o1. The Bertz CT molecular complexity index is 919. The summed E-state index contributed by atoms with van der Waals surface area (Å²) in [5.74, 6) is 2.56. The minimum atomic E-state index is -0.179. The first-order valence-electron chi connectivity index (χ1n) is 7.85. The fourth-order valence-electron chi connectivity index (χ4n) is 3.00. The van der Waals surface area contributed by atoms with Crippen molar-refractivity contribution in [2.45, 2.75) is 12.8 Å². The number of allylic oxidation sites excluding steroid dienone is 3. The summed E-state index contributed by atoms with van der Waals surface area (Å²) in [7, 11) is 6.21. The molecule has 0 atom stereocenters. The van der Waals surface area contributed by atoms with Crippen LogP contribution in [0.3, 0.4) is 0 Å². The predicted molar refractivity (Wildman–Crippen MR) is 93.8 cm³/mol. The van der Waals surface area contributed by atoms with E-state index in [9.17, 15) is 4.79 Å². The molecule has 0 aliphatic heterocycles. The van der Waals surface area contributed by atoms with Crippen LogP contribution in [0.2, 0.25) is 0 Å². The number of benzene rings is 1. The highest BCUT2D eigenvalue weighted by atomic mass is 16.5. The van der Waals surface area contributed by atoms with Gasteiger partial charge in [-0.15, -0.1) is 0 Å². The van der Waals surface area contributed by atoms with Gasteiger partial charge >= 0.3 is 0 Å². The van der Waals surface area contributed by atoms with Crippen molar-refractivity contribution >= 4 is 16.5 Å². The molecule has 0 unspecified atom stereocenters. The lowest BCUT2D eigenvalue weighted by Gasteiger charge is -2.20. The average Bonchev–Trinajstić information content (AvgIpc) is 2.65. The highest BCUT2D eigenvalue weighted by Crippen LogP contribution is 2.38. The van der Waals surface area contributed by atoms with Crippen LogP contribution in [0.5, 0.6) is 11.5 Å². The van der Waals surface area contributed by atoms with Crippen molar-refractivity contribution in [2.75, 3.05) is 28.4 Å². The van der Waals surface area contributed by atoms with E-state index < -0.39 is 0 Å². The maximum absolute atomic E-state index is 12.6. The zero-order chi connectivity index (χ0) is 18.0. The van der Waals surface area contributed by atoms with E-state index >= 15 is 0 Å². The summed E-state index contributed by atoms with van der Waals surface area (Å²) >= 11 is 0. The van der Waals surface area contributed by atoms with Gasteiger partial charge in [0.15, 0.2) is 16.8 Å². The molecule has 0 saturated heterocycles. The minimum absolute atomic E-state index is 0.179. The molecule has 1 aliphatic carbocycles. The average molecular weight is 344 g/mol. The Morgan fingerprint density at radius 1 is 1.00 bits per heavy atom. The maximum Gasteiger partial charge on any atom is 0.204 e. The van der Waals surface area contributed by atoms with Crippen LogP contribution in [0.1, 0.15) is 18.6 Å². The molecule has 1 aromatic heterocycles. The highest BCUT2D eigenvalue weighted by Gasteiger charge is 2.24. The smallest absolute Gasteiger partial charge is 0.204 e. The van der Waals surface area contributed by atoms with Crippen LogP contribution < -0.4 is 14.9 Å². The van der Waals surface area contributed by atoms with Gasteiger partial charge in [-0.3, -0.25) is 4.79 Å². The summed E-state index contributed by atoms with van der Waals surface area (Å²) in [6, 6.07) is 4.78. The van der Waals surface area contributed by atoms with Crippen LogP contribution in [0.15, 0.2) is 45.0 Å². The highest BCUT2D eigenvalue weighted by molar-refractivity contribution is 5.87. The van der Waals surface area contributed by atoms with Crippen molar-refractivity contribution in [1.29, 1.82) is 0 Å². The fraction of sp³-hybridized carbons (Fsp3) is 0.316. The molecule has 1 aliphatic rings. The van der Waals surface area contributed by atoms with Crippen molar-refractivity contribution in [2.24, 2.45) is 0 Å². The van der Waals surface area contributed by atoms with E-state index in [1.54, 1.807) is 26.4 Å². The molecule has 3 rings (SSSR count). The number of hydrogen-bond acceptors (Lipinski definition) is 6. The zero-order valence-electron chi connectivity index (χ0n) is 14.7. The largest absolute Gasteiger partial charge is 0.500 e.